The van der Waals surface area contributed by atoms with Gasteiger partial charge in [0.05, 0.1) is 0 Å². The van der Waals surface area contributed by atoms with E-state index in [2.05, 4.69) is 50.4 Å². The molecule has 16 heavy (non-hydrogen) atoms. The Balaban J connectivity index is 2.34. The van der Waals surface area contributed by atoms with Crippen molar-refractivity contribution in [3.8, 4) is 0 Å². The Bertz CT molecular complexity index is 276. The van der Waals surface area contributed by atoms with Crippen molar-refractivity contribution in [1.82, 2.24) is 5.32 Å². The van der Waals surface area contributed by atoms with Crippen molar-refractivity contribution in [2.45, 2.75) is 52.5 Å². The average molecular weight is 219 g/mol. The van der Waals surface area contributed by atoms with E-state index in [0.717, 1.165) is 19.4 Å². The molecule has 0 saturated heterocycles. The minimum absolute atomic E-state index is 0.582. The summed E-state index contributed by atoms with van der Waals surface area (Å²) in [5, 5.41) is 3.56. The first-order chi connectivity index (χ1) is 7.76. The lowest BCUT2D eigenvalue weighted by Crippen LogP contribution is -2.28. The van der Waals surface area contributed by atoms with E-state index >= 15 is 0 Å². The summed E-state index contributed by atoms with van der Waals surface area (Å²) >= 11 is 0. The van der Waals surface area contributed by atoms with Crippen LogP contribution in [0.4, 0.5) is 0 Å². The fourth-order valence-corrected chi connectivity index (χ4v) is 1.86. The third-order valence-electron chi connectivity index (χ3n) is 3.00. The molecule has 0 aliphatic carbocycles. The van der Waals surface area contributed by atoms with Gasteiger partial charge in [0.1, 0.15) is 0 Å². The summed E-state index contributed by atoms with van der Waals surface area (Å²) in [6, 6.07) is 9.59. The van der Waals surface area contributed by atoms with Crippen LogP contribution in [0.15, 0.2) is 24.3 Å². The molecule has 0 spiro atoms. The molecular weight excluding hydrogens is 194 g/mol. The third kappa shape index (κ3) is 4.80. The molecule has 0 bridgehead atoms. The van der Waals surface area contributed by atoms with Crippen LogP contribution in [0.1, 0.15) is 44.7 Å². The Kier molecular flexibility index (Phi) is 6.17. The van der Waals surface area contributed by atoms with Crippen molar-refractivity contribution >= 4 is 0 Å². The summed E-state index contributed by atoms with van der Waals surface area (Å²) < 4.78 is 0. The molecule has 1 atom stereocenters. The SMILES string of the molecule is CCCCNC(C)Cc1ccc(CC)cc1. The predicted octanol–water partition coefficient (Wildman–Crippen LogP) is 3.57. The van der Waals surface area contributed by atoms with Gasteiger partial charge in [0, 0.05) is 6.04 Å². The van der Waals surface area contributed by atoms with Gasteiger partial charge in [-0.25, -0.2) is 0 Å². The summed E-state index contributed by atoms with van der Waals surface area (Å²) in [6.45, 7) is 7.84. The first-order valence-corrected chi connectivity index (χ1v) is 6.57. The van der Waals surface area contributed by atoms with Gasteiger partial charge >= 0.3 is 0 Å². The summed E-state index contributed by atoms with van der Waals surface area (Å²) in [5.74, 6) is 0. The van der Waals surface area contributed by atoms with Gasteiger partial charge in [0.25, 0.3) is 0 Å². The molecule has 0 saturated carbocycles. The van der Waals surface area contributed by atoms with E-state index < -0.39 is 0 Å². The zero-order chi connectivity index (χ0) is 11.8. The van der Waals surface area contributed by atoms with Gasteiger partial charge < -0.3 is 5.32 Å². The van der Waals surface area contributed by atoms with Crippen molar-refractivity contribution in [2.24, 2.45) is 0 Å². The summed E-state index contributed by atoms with van der Waals surface area (Å²) in [4.78, 5) is 0. The van der Waals surface area contributed by atoms with Crippen LogP contribution in [-0.2, 0) is 12.8 Å². The van der Waals surface area contributed by atoms with Crippen LogP contribution in [0.2, 0.25) is 0 Å². The Morgan fingerprint density at radius 1 is 1.06 bits per heavy atom. The Morgan fingerprint density at radius 2 is 1.69 bits per heavy atom. The van der Waals surface area contributed by atoms with E-state index in [9.17, 15) is 0 Å². The molecule has 1 nitrogen and oxygen atoms in total. The normalized spacial score (nSPS) is 12.7. The number of unbranched alkanes of at least 4 members (excludes halogenated alkanes) is 1. The number of hydrogen-bond acceptors (Lipinski definition) is 1. The van der Waals surface area contributed by atoms with E-state index in [4.69, 9.17) is 0 Å². The predicted molar refractivity (Wildman–Crippen MR) is 71.9 cm³/mol. The van der Waals surface area contributed by atoms with Crippen molar-refractivity contribution in [3.63, 3.8) is 0 Å². The molecule has 1 N–H and O–H groups in total. The highest BCUT2D eigenvalue weighted by molar-refractivity contribution is 5.23. The largest absolute Gasteiger partial charge is 0.314 e. The summed E-state index contributed by atoms with van der Waals surface area (Å²) in [6.07, 6.45) is 4.81. The fraction of sp³-hybridized carbons (Fsp3) is 0.600. The molecule has 0 amide bonds. The van der Waals surface area contributed by atoms with Crippen molar-refractivity contribution < 1.29 is 0 Å². The maximum Gasteiger partial charge on any atom is 0.00791 e. The van der Waals surface area contributed by atoms with Crippen LogP contribution in [0.3, 0.4) is 0 Å². The Morgan fingerprint density at radius 3 is 2.25 bits per heavy atom. The van der Waals surface area contributed by atoms with Crippen molar-refractivity contribution in [3.05, 3.63) is 35.4 Å². The van der Waals surface area contributed by atoms with Crippen LogP contribution < -0.4 is 5.32 Å². The van der Waals surface area contributed by atoms with Gasteiger partial charge in [-0.3, -0.25) is 0 Å². The highest BCUT2D eigenvalue weighted by Crippen LogP contribution is 2.07. The van der Waals surface area contributed by atoms with Crippen LogP contribution in [0, 0.1) is 0 Å². The van der Waals surface area contributed by atoms with Crippen LogP contribution in [-0.4, -0.2) is 12.6 Å². The molecule has 1 unspecified atom stereocenters. The van der Waals surface area contributed by atoms with Crippen LogP contribution in [0.5, 0.6) is 0 Å². The second kappa shape index (κ2) is 7.45. The minimum Gasteiger partial charge on any atom is -0.314 e. The fourth-order valence-electron chi connectivity index (χ4n) is 1.86. The Hall–Kier alpha value is -0.820. The maximum absolute atomic E-state index is 3.56. The maximum atomic E-state index is 3.56. The smallest absolute Gasteiger partial charge is 0.00791 e. The van der Waals surface area contributed by atoms with Gasteiger partial charge in [0.2, 0.25) is 0 Å². The van der Waals surface area contributed by atoms with E-state index in [1.54, 1.807) is 0 Å². The number of benzene rings is 1. The van der Waals surface area contributed by atoms with Gasteiger partial charge in [-0.2, -0.15) is 0 Å². The summed E-state index contributed by atoms with van der Waals surface area (Å²) in [7, 11) is 0. The monoisotopic (exact) mass is 219 g/mol. The minimum atomic E-state index is 0.582. The summed E-state index contributed by atoms with van der Waals surface area (Å²) in [5.41, 5.74) is 2.86. The molecule has 0 aromatic heterocycles. The molecule has 1 aromatic rings. The van der Waals surface area contributed by atoms with E-state index in [1.807, 2.05) is 0 Å². The second-order valence-electron chi connectivity index (χ2n) is 4.58. The highest BCUT2D eigenvalue weighted by atomic mass is 14.9. The van der Waals surface area contributed by atoms with Crippen LogP contribution in [0.25, 0.3) is 0 Å². The van der Waals surface area contributed by atoms with Gasteiger partial charge in [-0.15, -0.1) is 0 Å². The molecular formula is C15H25N. The lowest BCUT2D eigenvalue weighted by Gasteiger charge is -2.13. The number of hydrogen-bond donors (Lipinski definition) is 1. The zero-order valence-electron chi connectivity index (χ0n) is 10.9. The van der Waals surface area contributed by atoms with E-state index in [1.165, 1.54) is 24.0 Å². The molecule has 90 valence electrons. The number of rotatable bonds is 7. The molecule has 1 heteroatoms. The first kappa shape index (κ1) is 13.2. The number of nitrogens with one attached hydrogen (secondary N) is 1. The molecule has 0 fully saturated rings. The topological polar surface area (TPSA) is 12.0 Å². The molecule has 1 rings (SSSR count). The second-order valence-corrected chi connectivity index (χ2v) is 4.58. The zero-order valence-corrected chi connectivity index (χ0v) is 10.9. The van der Waals surface area contributed by atoms with E-state index in [-0.39, 0.29) is 0 Å². The molecule has 0 heterocycles. The number of aryl methyl sites for hydroxylation is 1. The van der Waals surface area contributed by atoms with Crippen molar-refractivity contribution in [2.75, 3.05) is 6.54 Å². The lowest BCUT2D eigenvalue weighted by atomic mass is 10.0. The molecule has 0 aliphatic rings. The van der Waals surface area contributed by atoms with Gasteiger partial charge in [0.15, 0.2) is 0 Å². The van der Waals surface area contributed by atoms with Gasteiger partial charge in [-0.05, 0) is 43.9 Å². The first-order valence-electron chi connectivity index (χ1n) is 6.57. The van der Waals surface area contributed by atoms with Gasteiger partial charge in [-0.1, -0.05) is 44.5 Å². The lowest BCUT2D eigenvalue weighted by molar-refractivity contribution is 0.531. The van der Waals surface area contributed by atoms with E-state index in [0.29, 0.717) is 6.04 Å². The average Bonchev–Trinajstić information content (AvgIpc) is 2.30. The van der Waals surface area contributed by atoms with Crippen molar-refractivity contribution in [1.29, 1.82) is 0 Å². The molecule has 0 radical (unpaired) electrons. The highest BCUT2D eigenvalue weighted by Gasteiger charge is 2.02. The standard InChI is InChI=1S/C15H25N/c1-4-6-11-16-13(3)12-15-9-7-14(5-2)8-10-15/h7-10,13,16H,4-6,11-12H2,1-3H3. The quantitative estimate of drug-likeness (QED) is 0.691. The van der Waals surface area contributed by atoms with Crippen LogP contribution >= 0.6 is 0 Å². The molecule has 0 aliphatic heterocycles. The third-order valence-corrected chi connectivity index (χ3v) is 3.00. The molecule has 1 aromatic carbocycles. The Labute approximate surface area is 100 Å².